The van der Waals surface area contributed by atoms with E-state index in [0.717, 1.165) is 6.21 Å². The monoisotopic (exact) mass is 147 g/mol. The third kappa shape index (κ3) is 1.89. The molecule has 0 unspecified atom stereocenters. The zero-order valence-electron chi connectivity index (χ0n) is 5.99. The summed E-state index contributed by atoms with van der Waals surface area (Å²) in [5.41, 5.74) is 6.77. The molecule has 1 rings (SSSR count). The lowest BCUT2D eigenvalue weighted by molar-refractivity contribution is 1.26. The van der Waals surface area contributed by atoms with Crippen molar-refractivity contribution >= 4 is 11.9 Å². The highest BCUT2D eigenvalue weighted by Crippen LogP contribution is 2.01. The van der Waals surface area contributed by atoms with Gasteiger partial charge >= 0.3 is 0 Å². The number of hydrogen-bond donors (Lipinski definition) is 2. The number of hydrogen-bond acceptors (Lipinski definition) is 3. The highest BCUT2D eigenvalue weighted by Gasteiger charge is 1.92. The van der Waals surface area contributed by atoms with Crippen LogP contribution >= 0.6 is 0 Å². The van der Waals surface area contributed by atoms with E-state index in [0.29, 0.717) is 11.4 Å². The molecule has 0 saturated carbocycles. The Morgan fingerprint density at radius 2 is 2.36 bits per heavy atom. The molecule has 0 aliphatic heterocycles. The number of pyridine rings is 1. The molecule has 3 nitrogen and oxygen atoms in total. The van der Waals surface area contributed by atoms with E-state index < -0.39 is 0 Å². The van der Waals surface area contributed by atoms with E-state index in [1.807, 2.05) is 12.1 Å². The van der Waals surface area contributed by atoms with E-state index in [2.05, 4.69) is 4.98 Å². The van der Waals surface area contributed by atoms with Crippen LogP contribution in [0.5, 0.6) is 0 Å². The van der Waals surface area contributed by atoms with Crippen molar-refractivity contribution in [3.8, 4) is 0 Å². The van der Waals surface area contributed by atoms with E-state index in [4.69, 9.17) is 11.1 Å². The largest absolute Gasteiger partial charge is 0.397 e. The molecule has 0 aromatic carbocycles. The molecule has 0 atom stereocenters. The molecule has 56 valence electrons. The summed E-state index contributed by atoms with van der Waals surface area (Å²) in [5.74, 6) is 0. The van der Waals surface area contributed by atoms with Gasteiger partial charge in [0, 0.05) is 12.4 Å². The molecule has 0 amide bonds. The van der Waals surface area contributed by atoms with Crippen LogP contribution in [0, 0.1) is 5.41 Å². The van der Waals surface area contributed by atoms with Crippen LogP contribution in [-0.2, 0) is 0 Å². The van der Waals surface area contributed by atoms with Gasteiger partial charge in [0.05, 0.1) is 11.4 Å². The standard InChI is InChI=1S/C8H9N3/c9-5-4-7(10)8-3-1-2-6-11-8/h1-6,9H,10H2/b7-4-,9-5?. The molecule has 0 aliphatic rings. The number of allylic oxidation sites excluding steroid dienone is 1. The van der Waals surface area contributed by atoms with Gasteiger partial charge in [-0.15, -0.1) is 0 Å². The Morgan fingerprint density at radius 1 is 1.55 bits per heavy atom. The Balaban J connectivity index is 2.94. The summed E-state index contributed by atoms with van der Waals surface area (Å²) in [6, 6.07) is 5.48. The Kier molecular flexibility index (Phi) is 2.38. The Morgan fingerprint density at radius 3 is 2.91 bits per heavy atom. The van der Waals surface area contributed by atoms with Crippen molar-refractivity contribution in [2.45, 2.75) is 0 Å². The van der Waals surface area contributed by atoms with Crippen molar-refractivity contribution in [1.29, 1.82) is 5.41 Å². The summed E-state index contributed by atoms with van der Waals surface area (Å²) in [4.78, 5) is 4.00. The van der Waals surface area contributed by atoms with Crippen LogP contribution in [0.1, 0.15) is 5.69 Å². The van der Waals surface area contributed by atoms with Gasteiger partial charge in [0.25, 0.3) is 0 Å². The lowest BCUT2D eigenvalue weighted by Crippen LogP contribution is -1.98. The summed E-state index contributed by atoms with van der Waals surface area (Å²) >= 11 is 0. The van der Waals surface area contributed by atoms with Crippen molar-refractivity contribution in [2.75, 3.05) is 0 Å². The predicted molar refractivity (Wildman–Crippen MR) is 45.2 cm³/mol. The van der Waals surface area contributed by atoms with Crippen molar-refractivity contribution in [2.24, 2.45) is 5.73 Å². The minimum Gasteiger partial charge on any atom is -0.397 e. The molecule has 0 saturated heterocycles. The molecule has 0 spiro atoms. The van der Waals surface area contributed by atoms with Crippen molar-refractivity contribution < 1.29 is 0 Å². The smallest absolute Gasteiger partial charge is 0.0859 e. The summed E-state index contributed by atoms with van der Waals surface area (Å²) in [6.07, 6.45) is 4.31. The predicted octanol–water partition coefficient (Wildman–Crippen LogP) is 1.03. The third-order valence-corrected chi connectivity index (χ3v) is 1.22. The maximum absolute atomic E-state index is 6.77. The summed E-state index contributed by atoms with van der Waals surface area (Å²) in [6.45, 7) is 0. The van der Waals surface area contributed by atoms with Gasteiger partial charge < -0.3 is 11.1 Å². The average molecular weight is 147 g/mol. The van der Waals surface area contributed by atoms with Gasteiger partial charge in [-0.25, -0.2) is 0 Å². The zero-order valence-corrected chi connectivity index (χ0v) is 5.99. The SMILES string of the molecule is N=C/C=C(\N)c1ccccn1. The number of rotatable bonds is 2. The van der Waals surface area contributed by atoms with Crippen molar-refractivity contribution in [3.63, 3.8) is 0 Å². The molecule has 1 heterocycles. The van der Waals surface area contributed by atoms with Crippen LogP contribution in [0.3, 0.4) is 0 Å². The first kappa shape index (κ1) is 7.47. The maximum atomic E-state index is 6.77. The molecule has 0 aliphatic carbocycles. The van der Waals surface area contributed by atoms with Gasteiger partial charge in [-0.3, -0.25) is 4.98 Å². The average Bonchev–Trinajstić information content (AvgIpc) is 2.07. The minimum atomic E-state index is 0.514. The van der Waals surface area contributed by atoms with Gasteiger partial charge in [0.15, 0.2) is 0 Å². The second-order valence-corrected chi connectivity index (χ2v) is 2.00. The van der Waals surface area contributed by atoms with Gasteiger partial charge in [0.1, 0.15) is 0 Å². The van der Waals surface area contributed by atoms with Gasteiger partial charge in [0.2, 0.25) is 0 Å². The van der Waals surface area contributed by atoms with Gasteiger partial charge in [-0.05, 0) is 18.2 Å². The molecular weight excluding hydrogens is 138 g/mol. The van der Waals surface area contributed by atoms with Crippen LogP contribution in [0.2, 0.25) is 0 Å². The second kappa shape index (κ2) is 3.51. The van der Waals surface area contributed by atoms with E-state index >= 15 is 0 Å². The van der Waals surface area contributed by atoms with E-state index in [-0.39, 0.29) is 0 Å². The lowest BCUT2D eigenvalue weighted by atomic mass is 10.3. The third-order valence-electron chi connectivity index (χ3n) is 1.22. The molecule has 0 fully saturated rings. The maximum Gasteiger partial charge on any atom is 0.0859 e. The molecule has 11 heavy (non-hydrogen) atoms. The summed E-state index contributed by atoms with van der Waals surface area (Å²) in [7, 11) is 0. The number of aromatic nitrogens is 1. The molecule has 0 bridgehead atoms. The number of nitrogens with zero attached hydrogens (tertiary/aromatic N) is 1. The van der Waals surface area contributed by atoms with Crippen LogP contribution < -0.4 is 5.73 Å². The highest BCUT2D eigenvalue weighted by molar-refractivity contribution is 5.80. The van der Waals surface area contributed by atoms with Crippen molar-refractivity contribution in [1.82, 2.24) is 4.98 Å². The second-order valence-electron chi connectivity index (χ2n) is 2.00. The van der Waals surface area contributed by atoms with Gasteiger partial charge in [-0.2, -0.15) is 0 Å². The van der Waals surface area contributed by atoms with Crippen LogP contribution in [-0.4, -0.2) is 11.2 Å². The number of nitrogens with two attached hydrogens (primary N) is 1. The lowest BCUT2D eigenvalue weighted by Gasteiger charge is -1.96. The Bertz CT molecular complexity index is 264. The highest BCUT2D eigenvalue weighted by atomic mass is 14.7. The summed E-state index contributed by atoms with van der Waals surface area (Å²) in [5, 5.41) is 6.77. The fourth-order valence-corrected chi connectivity index (χ4v) is 0.709. The normalized spacial score (nSPS) is 11.1. The fourth-order valence-electron chi connectivity index (χ4n) is 0.709. The van der Waals surface area contributed by atoms with Crippen molar-refractivity contribution in [3.05, 3.63) is 36.2 Å². The number of nitrogens with one attached hydrogen (secondary N) is 1. The summed E-state index contributed by atoms with van der Waals surface area (Å²) < 4.78 is 0. The molecule has 3 N–H and O–H groups in total. The first-order chi connectivity index (χ1) is 5.34. The van der Waals surface area contributed by atoms with Crippen LogP contribution in [0.25, 0.3) is 5.70 Å². The van der Waals surface area contributed by atoms with E-state index in [9.17, 15) is 0 Å². The quantitative estimate of drug-likeness (QED) is 0.614. The minimum absolute atomic E-state index is 0.514. The van der Waals surface area contributed by atoms with E-state index in [1.165, 1.54) is 6.08 Å². The first-order valence-electron chi connectivity index (χ1n) is 3.22. The topological polar surface area (TPSA) is 62.8 Å². The molecular formula is C8H9N3. The van der Waals surface area contributed by atoms with Crippen LogP contribution in [0.4, 0.5) is 0 Å². The Hall–Kier alpha value is -1.64. The molecule has 0 radical (unpaired) electrons. The zero-order chi connectivity index (χ0) is 8.10. The molecule has 1 aromatic rings. The molecule has 3 heteroatoms. The first-order valence-corrected chi connectivity index (χ1v) is 3.22. The van der Waals surface area contributed by atoms with E-state index in [1.54, 1.807) is 12.3 Å². The van der Waals surface area contributed by atoms with Gasteiger partial charge in [-0.1, -0.05) is 6.07 Å². The fraction of sp³-hybridized carbons (Fsp3) is 0. The van der Waals surface area contributed by atoms with Crippen LogP contribution in [0.15, 0.2) is 30.5 Å². The Labute approximate surface area is 65.1 Å². The molecule has 1 aromatic heterocycles.